The molecule has 0 aromatic rings. The molecule has 4 aliphatic carbocycles. The van der Waals surface area contributed by atoms with Crippen molar-refractivity contribution in [2.75, 3.05) is 6.61 Å². The molecular weight excluding hydrogens is 272 g/mol. The van der Waals surface area contributed by atoms with Gasteiger partial charge in [-0.25, -0.2) is 0 Å². The number of rotatable bonds is 1. The molecule has 3 saturated carbocycles. The summed E-state index contributed by atoms with van der Waals surface area (Å²) in [6.07, 6.45) is 12.6. The van der Waals surface area contributed by atoms with Crippen LogP contribution in [0, 0.1) is 33.5 Å². The summed E-state index contributed by atoms with van der Waals surface area (Å²) < 4.78 is 0. The maximum atomic E-state index is 12.5. The highest BCUT2D eigenvalue weighted by atomic mass is 16.3. The fourth-order valence-electron chi connectivity index (χ4n) is 7.19. The molecule has 0 aromatic heterocycles. The van der Waals surface area contributed by atoms with E-state index in [9.17, 15) is 9.90 Å². The molecule has 122 valence electrons. The van der Waals surface area contributed by atoms with Gasteiger partial charge in [-0.2, -0.15) is 0 Å². The van der Waals surface area contributed by atoms with E-state index in [2.05, 4.69) is 32.9 Å². The molecule has 1 spiro atoms. The fourth-order valence-corrected chi connectivity index (χ4v) is 7.19. The SMILES string of the molecule is CC1(C)C(=O)CC[C@]2(C)[C@@H]1CC[C@]13C=C[C@](CO)(CC[C@H]12)C3. The average molecular weight is 302 g/mol. The zero-order valence-corrected chi connectivity index (χ0v) is 14.3. The molecule has 0 heterocycles. The van der Waals surface area contributed by atoms with Gasteiger partial charge in [-0.1, -0.05) is 32.9 Å². The van der Waals surface area contributed by atoms with Crippen molar-refractivity contribution in [3.05, 3.63) is 12.2 Å². The second-order valence-corrected chi connectivity index (χ2v) is 9.60. The van der Waals surface area contributed by atoms with Crippen molar-refractivity contribution in [1.29, 1.82) is 0 Å². The Morgan fingerprint density at radius 3 is 2.55 bits per heavy atom. The summed E-state index contributed by atoms with van der Waals surface area (Å²) in [6.45, 7) is 7.18. The number of allylic oxidation sites excluding steroid dienone is 1. The lowest BCUT2D eigenvalue weighted by Gasteiger charge is -2.63. The second-order valence-electron chi connectivity index (χ2n) is 9.60. The summed E-state index contributed by atoms with van der Waals surface area (Å²) in [6, 6.07) is 0. The van der Waals surface area contributed by atoms with Crippen LogP contribution < -0.4 is 0 Å². The fraction of sp³-hybridized carbons (Fsp3) is 0.850. The number of Topliss-reactive ketones (excluding diaryl/α,β-unsaturated/α-hetero) is 1. The van der Waals surface area contributed by atoms with Gasteiger partial charge in [0, 0.05) is 17.3 Å². The third kappa shape index (κ3) is 1.63. The second kappa shape index (κ2) is 4.26. The molecule has 0 radical (unpaired) electrons. The number of fused-ring (bicyclic) bond motifs is 3. The van der Waals surface area contributed by atoms with Crippen molar-refractivity contribution >= 4 is 5.78 Å². The molecule has 1 N–H and O–H groups in total. The first kappa shape index (κ1) is 14.9. The highest BCUT2D eigenvalue weighted by Gasteiger charge is 2.64. The molecule has 0 aliphatic heterocycles. The predicted molar refractivity (Wildman–Crippen MR) is 87.3 cm³/mol. The number of aliphatic hydroxyl groups excluding tert-OH is 1. The number of hydrogen-bond donors (Lipinski definition) is 1. The zero-order valence-electron chi connectivity index (χ0n) is 14.3. The maximum absolute atomic E-state index is 12.5. The molecule has 0 unspecified atom stereocenters. The first-order valence-electron chi connectivity index (χ1n) is 9.13. The molecular formula is C20H30O2. The Labute approximate surface area is 134 Å². The molecule has 0 aromatic carbocycles. The van der Waals surface area contributed by atoms with Gasteiger partial charge >= 0.3 is 0 Å². The van der Waals surface area contributed by atoms with Crippen LogP contribution in [-0.2, 0) is 4.79 Å². The summed E-state index contributed by atoms with van der Waals surface area (Å²) in [5.74, 6) is 1.71. The lowest BCUT2D eigenvalue weighted by atomic mass is 9.40. The average Bonchev–Trinajstić information content (AvgIpc) is 2.76. The summed E-state index contributed by atoms with van der Waals surface area (Å²) in [5, 5.41) is 9.87. The molecule has 0 saturated heterocycles. The van der Waals surface area contributed by atoms with Gasteiger partial charge in [0.05, 0.1) is 6.61 Å². The van der Waals surface area contributed by atoms with Crippen molar-refractivity contribution in [1.82, 2.24) is 0 Å². The van der Waals surface area contributed by atoms with E-state index < -0.39 is 0 Å². The topological polar surface area (TPSA) is 37.3 Å². The van der Waals surface area contributed by atoms with Crippen molar-refractivity contribution in [2.45, 2.75) is 65.7 Å². The van der Waals surface area contributed by atoms with E-state index in [1.807, 2.05) is 0 Å². The van der Waals surface area contributed by atoms with Crippen LogP contribution in [-0.4, -0.2) is 17.5 Å². The lowest BCUT2D eigenvalue weighted by Crippen LogP contribution is -2.58. The highest BCUT2D eigenvalue weighted by molar-refractivity contribution is 5.85. The van der Waals surface area contributed by atoms with Crippen LogP contribution in [0.15, 0.2) is 12.2 Å². The smallest absolute Gasteiger partial charge is 0.138 e. The first-order chi connectivity index (χ1) is 10.3. The molecule has 4 rings (SSSR count). The Morgan fingerprint density at radius 2 is 1.82 bits per heavy atom. The Balaban J connectivity index is 1.74. The summed E-state index contributed by atoms with van der Waals surface area (Å²) in [5.41, 5.74) is 0.525. The highest BCUT2D eigenvalue weighted by Crippen LogP contribution is 2.71. The Hall–Kier alpha value is -0.630. The molecule has 2 heteroatoms. The summed E-state index contributed by atoms with van der Waals surface area (Å²) >= 11 is 0. The number of carbonyl (C=O) groups excluding carboxylic acids is 1. The van der Waals surface area contributed by atoms with E-state index in [0.29, 0.717) is 35.1 Å². The molecule has 0 amide bonds. The van der Waals surface area contributed by atoms with Crippen LogP contribution in [0.1, 0.15) is 65.7 Å². The van der Waals surface area contributed by atoms with E-state index in [-0.39, 0.29) is 10.8 Å². The van der Waals surface area contributed by atoms with Gasteiger partial charge in [-0.15, -0.1) is 0 Å². The van der Waals surface area contributed by atoms with Crippen LogP contribution in [0.2, 0.25) is 0 Å². The van der Waals surface area contributed by atoms with Crippen molar-refractivity contribution in [3.8, 4) is 0 Å². The lowest BCUT2D eigenvalue weighted by molar-refractivity contribution is -0.164. The zero-order chi connectivity index (χ0) is 15.8. The maximum Gasteiger partial charge on any atom is 0.138 e. The van der Waals surface area contributed by atoms with Crippen LogP contribution >= 0.6 is 0 Å². The van der Waals surface area contributed by atoms with Gasteiger partial charge in [0.2, 0.25) is 0 Å². The van der Waals surface area contributed by atoms with E-state index in [0.717, 1.165) is 25.7 Å². The molecule has 22 heavy (non-hydrogen) atoms. The van der Waals surface area contributed by atoms with E-state index >= 15 is 0 Å². The van der Waals surface area contributed by atoms with E-state index in [1.165, 1.54) is 19.3 Å². The quantitative estimate of drug-likeness (QED) is 0.740. The van der Waals surface area contributed by atoms with Gasteiger partial charge in [0.25, 0.3) is 0 Å². The largest absolute Gasteiger partial charge is 0.395 e. The molecule has 2 nitrogen and oxygen atoms in total. The Morgan fingerprint density at radius 1 is 1.09 bits per heavy atom. The minimum atomic E-state index is -0.150. The molecule has 4 aliphatic rings. The van der Waals surface area contributed by atoms with E-state index in [4.69, 9.17) is 0 Å². The van der Waals surface area contributed by atoms with Crippen molar-refractivity contribution in [2.24, 2.45) is 33.5 Å². The third-order valence-corrected chi connectivity index (χ3v) is 8.36. The van der Waals surface area contributed by atoms with Crippen LogP contribution in [0.25, 0.3) is 0 Å². The monoisotopic (exact) mass is 302 g/mol. The van der Waals surface area contributed by atoms with E-state index in [1.54, 1.807) is 0 Å². The van der Waals surface area contributed by atoms with Gasteiger partial charge < -0.3 is 5.11 Å². The summed E-state index contributed by atoms with van der Waals surface area (Å²) in [7, 11) is 0. The minimum Gasteiger partial charge on any atom is -0.395 e. The Kier molecular flexibility index (Phi) is 2.89. The van der Waals surface area contributed by atoms with Crippen molar-refractivity contribution < 1.29 is 9.90 Å². The van der Waals surface area contributed by atoms with Gasteiger partial charge in [0.15, 0.2) is 0 Å². The molecule has 5 atom stereocenters. The molecule has 2 bridgehead atoms. The van der Waals surface area contributed by atoms with Gasteiger partial charge in [-0.05, 0) is 61.2 Å². The normalized spacial score (nSPS) is 52.3. The predicted octanol–water partition coefficient (Wildman–Crippen LogP) is 4.13. The first-order valence-corrected chi connectivity index (χ1v) is 9.13. The number of carbonyl (C=O) groups is 1. The van der Waals surface area contributed by atoms with Gasteiger partial charge in [-0.3, -0.25) is 4.79 Å². The number of ketones is 1. The number of aliphatic hydroxyl groups is 1. The van der Waals surface area contributed by atoms with Crippen LogP contribution in [0.4, 0.5) is 0 Å². The third-order valence-electron chi connectivity index (χ3n) is 8.36. The number of hydrogen-bond acceptors (Lipinski definition) is 2. The molecule has 3 fully saturated rings. The van der Waals surface area contributed by atoms with Crippen LogP contribution in [0.3, 0.4) is 0 Å². The standard InChI is InChI=1S/C20H30O2/c1-17(2)14-5-9-20-11-10-19(12-20,13-21)8-4-15(20)18(14,3)7-6-16(17)22/h10-11,14-15,21H,4-9,12-13H2,1-3H3/t14-,15+,18-,19-,20-/m1/s1. The Bertz CT molecular complexity index is 548. The van der Waals surface area contributed by atoms with Crippen molar-refractivity contribution in [3.63, 3.8) is 0 Å². The van der Waals surface area contributed by atoms with Gasteiger partial charge in [0.1, 0.15) is 5.78 Å². The summed E-state index contributed by atoms with van der Waals surface area (Å²) in [4.78, 5) is 12.5. The van der Waals surface area contributed by atoms with Crippen LogP contribution in [0.5, 0.6) is 0 Å². The minimum absolute atomic E-state index is 0.0691.